The molecule has 0 amide bonds. The average molecular weight is 318 g/mol. The van der Waals surface area contributed by atoms with E-state index in [2.05, 4.69) is 20.2 Å². The molecule has 0 spiro atoms. The van der Waals surface area contributed by atoms with Gasteiger partial charge in [-0.2, -0.15) is 0 Å². The molecule has 0 bridgehead atoms. The zero-order valence-electron chi connectivity index (χ0n) is 12.4. The minimum atomic E-state index is -0.125. The van der Waals surface area contributed by atoms with Crippen LogP contribution in [0.3, 0.4) is 0 Å². The number of likely N-dealkylation sites (N-methyl/N-ethyl adjacent to an activating group) is 1. The first-order valence-electron chi connectivity index (χ1n) is 7.35. The van der Waals surface area contributed by atoms with Crippen molar-refractivity contribution in [2.24, 2.45) is 0 Å². The standard InChI is InChI=1S/C15H18N4O2S/c1-19(11-3-2-5-16-9-11)15-17-6-4-10(18-15)7-13-12(20)8-14(21)22-13/h4,6-7,11,16H,2-3,5,8-9H2,1H3/b13-7-/t11-/m0/s1. The number of ketones is 1. The van der Waals surface area contributed by atoms with E-state index in [0.29, 0.717) is 22.6 Å². The smallest absolute Gasteiger partial charge is 0.225 e. The maximum Gasteiger partial charge on any atom is 0.225 e. The molecular formula is C15H18N4O2S. The molecule has 2 saturated heterocycles. The van der Waals surface area contributed by atoms with Gasteiger partial charge in [-0.1, -0.05) is 0 Å². The molecule has 6 nitrogen and oxygen atoms in total. The second-order valence-corrected chi connectivity index (χ2v) is 6.57. The number of nitrogens with zero attached hydrogens (tertiary/aromatic N) is 3. The third-order valence-corrected chi connectivity index (χ3v) is 4.82. The molecule has 7 heteroatoms. The van der Waals surface area contributed by atoms with E-state index in [4.69, 9.17) is 0 Å². The van der Waals surface area contributed by atoms with E-state index in [1.54, 1.807) is 18.3 Å². The lowest BCUT2D eigenvalue weighted by molar-refractivity contribution is -0.119. The Morgan fingerprint density at radius 2 is 2.32 bits per heavy atom. The van der Waals surface area contributed by atoms with Crippen LogP contribution in [0, 0.1) is 0 Å². The predicted octanol–water partition coefficient (Wildman–Crippen LogP) is 1.24. The molecular weight excluding hydrogens is 300 g/mol. The van der Waals surface area contributed by atoms with E-state index in [-0.39, 0.29) is 17.3 Å². The van der Waals surface area contributed by atoms with E-state index < -0.39 is 0 Å². The second kappa shape index (κ2) is 6.58. The van der Waals surface area contributed by atoms with Crippen molar-refractivity contribution in [2.75, 3.05) is 25.0 Å². The Kier molecular flexibility index (Phi) is 4.54. The highest BCUT2D eigenvalue weighted by Crippen LogP contribution is 2.30. The third kappa shape index (κ3) is 3.36. The van der Waals surface area contributed by atoms with Crippen LogP contribution in [0.2, 0.25) is 0 Å². The topological polar surface area (TPSA) is 75.2 Å². The first-order valence-corrected chi connectivity index (χ1v) is 8.17. The molecule has 1 aromatic rings. The fraction of sp³-hybridized carbons (Fsp3) is 0.467. The van der Waals surface area contributed by atoms with Crippen LogP contribution in [-0.4, -0.2) is 47.0 Å². The number of hydrogen-bond donors (Lipinski definition) is 1. The van der Waals surface area contributed by atoms with Gasteiger partial charge in [0, 0.05) is 25.8 Å². The number of aromatic nitrogens is 2. The average Bonchev–Trinajstić information content (AvgIpc) is 2.85. The van der Waals surface area contributed by atoms with Crippen molar-refractivity contribution in [3.8, 4) is 0 Å². The summed E-state index contributed by atoms with van der Waals surface area (Å²) in [7, 11) is 1.99. The van der Waals surface area contributed by atoms with Crippen LogP contribution < -0.4 is 10.2 Å². The van der Waals surface area contributed by atoms with Crippen LogP contribution in [-0.2, 0) is 9.59 Å². The number of piperidine rings is 1. The summed E-state index contributed by atoms with van der Waals surface area (Å²) in [4.78, 5) is 34.3. The van der Waals surface area contributed by atoms with E-state index in [1.165, 1.54) is 0 Å². The minimum absolute atomic E-state index is 0.0118. The second-order valence-electron chi connectivity index (χ2n) is 5.48. The third-order valence-electron chi connectivity index (χ3n) is 3.88. The summed E-state index contributed by atoms with van der Waals surface area (Å²) < 4.78 is 0. The molecule has 0 unspecified atom stereocenters. The molecule has 1 aromatic heterocycles. The summed E-state index contributed by atoms with van der Waals surface area (Å²) in [5.74, 6) is 0.518. The van der Waals surface area contributed by atoms with Gasteiger partial charge >= 0.3 is 0 Å². The molecule has 3 rings (SSSR count). The van der Waals surface area contributed by atoms with Crippen LogP contribution in [0.1, 0.15) is 25.0 Å². The van der Waals surface area contributed by atoms with Crippen LogP contribution in [0.5, 0.6) is 0 Å². The van der Waals surface area contributed by atoms with Crippen molar-refractivity contribution in [3.63, 3.8) is 0 Å². The number of thioether (sulfide) groups is 1. The van der Waals surface area contributed by atoms with Gasteiger partial charge in [-0.15, -0.1) is 0 Å². The van der Waals surface area contributed by atoms with Gasteiger partial charge in [0.25, 0.3) is 0 Å². The lowest BCUT2D eigenvalue weighted by atomic mass is 10.1. The Labute approximate surface area is 133 Å². The van der Waals surface area contributed by atoms with E-state index in [0.717, 1.165) is 37.7 Å². The Hall–Kier alpha value is -1.73. The van der Waals surface area contributed by atoms with Crippen LogP contribution in [0.15, 0.2) is 17.2 Å². The number of allylic oxidation sites excluding steroid dienone is 1. The molecule has 116 valence electrons. The number of anilines is 1. The fourth-order valence-electron chi connectivity index (χ4n) is 2.62. The molecule has 22 heavy (non-hydrogen) atoms. The van der Waals surface area contributed by atoms with Crippen molar-refractivity contribution in [3.05, 3.63) is 22.9 Å². The lowest BCUT2D eigenvalue weighted by Gasteiger charge is -2.31. The Morgan fingerprint density at radius 1 is 1.45 bits per heavy atom. The first kappa shape index (κ1) is 15.2. The van der Waals surface area contributed by atoms with Crippen LogP contribution in [0.25, 0.3) is 6.08 Å². The quantitative estimate of drug-likeness (QED) is 0.664. The van der Waals surface area contributed by atoms with Gasteiger partial charge in [0.1, 0.15) is 0 Å². The number of carbonyl (C=O) groups is 2. The maximum atomic E-state index is 11.7. The molecule has 0 radical (unpaired) electrons. The van der Waals surface area contributed by atoms with Gasteiger partial charge in [-0.3, -0.25) is 9.59 Å². The van der Waals surface area contributed by atoms with Gasteiger partial charge in [0.05, 0.1) is 17.0 Å². The largest absolute Gasteiger partial charge is 0.340 e. The fourth-order valence-corrected chi connectivity index (χ4v) is 3.43. The number of hydrogen-bond acceptors (Lipinski definition) is 7. The summed E-state index contributed by atoms with van der Waals surface area (Å²) in [6, 6.07) is 2.13. The number of rotatable bonds is 3. The molecule has 2 aliphatic heterocycles. The molecule has 1 atom stereocenters. The first-order chi connectivity index (χ1) is 10.6. The summed E-state index contributed by atoms with van der Waals surface area (Å²) in [5, 5.41) is 3.27. The molecule has 0 aliphatic carbocycles. The highest BCUT2D eigenvalue weighted by molar-refractivity contribution is 8.18. The van der Waals surface area contributed by atoms with Crippen molar-refractivity contribution in [1.29, 1.82) is 0 Å². The van der Waals surface area contributed by atoms with Crippen molar-refractivity contribution < 1.29 is 9.59 Å². The van der Waals surface area contributed by atoms with Crippen molar-refractivity contribution >= 4 is 34.7 Å². The SMILES string of the molecule is CN(c1nccc(/C=C2\SC(=O)CC2=O)n1)[C@H]1CCCNC1. The zero-order chi connectivity index (χ0) is 15.5. The van der Waals surface area contributed by atoms with E-state index >= 15 is 0 Å². The van der Waals surface area contributed by atoms with E-state index in [9.17, 15) is 9.59 Å². The molecule has 3 heterocycles. The van der Waals surface area contributed by atoms with Crippen LogP contribution in [0.4, 0.5) is 5.95 Å². The Morgan fingerprint density at radius 3 is 3.00 bits per heavy atom. The van der Waals surface area contributed by atoms with Gasteiger partial charge < -0.3 is 10.2 Å². The van der Waals surface area contributed by atoms with Gasteiger partial charge in [-0.25, -0.2) is 9.97 Å². The van der Waals surface area contributed by atoms with E-state index in [1.807, 2.05) is 7.05 Å². The monoisotopic (exact) mass is 318 g/mol. The Balaban J connectivity index is 1.79. The van der Waals surface area contributed by atoms with Gasteiger partial charge in [0.15, 0.2) is 5.78 Å². The normalized spacial score (nSPS) is 24.0. The van der Waals surface area contributed by atoms with Gasteiger partial charge in [-0.05, 0) is 43.3 Å². The zero-order valence-corrected chi connectivity index (χ0v) is 13.2. The summed E-state index contributed by atoms with van der Waals surface area (Å²) in [6.07, 6.45) is 5.61. The maximum absolute atomic E-state index is 11.7. The van der Waals surface area contributed by atoms with Crippen LogP contribution >= 0.6 is 11.8 Å². The van der Waals surface area contributed by atoms with Crippen molar-refractivity contribution in [1.82, 2.24) is 15.3 Å². The van der Waals surface area contributed by atoms with Crippen molar-refractivity contribution in [2.45, 2.75) is 25.3 Å². The summed E-state index contributed by atoms with van der Waals surface area (Å²) >= 11 is 0.999. The molecule has 1 N–H and O–H groups in total. The number of Topliss-reactive ketones (excluding diaryl/α,β-unsaturated/α-hetero) is 1. The highest BCUT2D eigenvalue weighted by atomic mass is 32.2. The lowest BCUT2D eigenvalue weighted by Crippen LogP contribution is -2.44. The number of nitrogens with one attached hydrogen (secondary N) is 1. The summed E-state index contributed by atoms with van der Waals surface area (Å²) in [5.41, 5.74) is 0.658. The minimum Gasteiger partial charge on any atom is -0.340 e. The molecule has 2 aliphatic rings. The molecule has 2 fully saturated rings. The highest BCUT2D eigenvalue weighted by Gasteiger charge is 2.26. The number of carbonyl (C=O) groups excluding carboxylic acids is 2. The predicted molar refractivity (Wildman–Crippen MR) is 86.5 cm³/mol. The molecule has 0 aromatic carbocycles. The van der Waals surface area contributed by atoms with Gasteiger partial charge in [0.2, 0.25) is 11.1 Å². The Bertz CT molecular complexity index is 626. The summed E-state index contributed by atoms with van der Waals surface area (Å²) in [6.45, 7) is 1.98. The molecule has 0 saturated carbocycles.